The van der Waals surface area contributed by atoms with Crippen molar-refractivity contribution in [2.24, 2.45) is 12.1 Å². The van der Waals surface area contributed by atoms with E-state index in [9.17, 15) is 14.7 Å². The molecule has 0 unspecified atom stereocenters. The first-order valence-electron chi connectivity index (χ1n) is 7.92. The van der Waals surface area contributed by atoms with E-state index in [0.717, 1.165) is 0 Å². The normalized spacial score (nSPS) is 11.4. The number of ether oxygens (including phenoxy) is 1. The van der Waals surface area contributed by atoms with Gasteiger partial charge < -0.3 is 14.4 Å². The molecule has 0 atom stereocenters. The molecule has 11 heteroatoms. The second-order valence-corrected chi connectivity index (χ2v) is 6.45. The number of hydrogen-bond donors (Lipinski definition) is 3. The van der Waals surface area contributed by atoms with Crippen LogP contribution in [0.4, 0.5) is 5.95 Å². The van der Waals surface area contributed by atoms with Crippen molar-refractivity contribution in [2.75, 3.05) is 12.5 Å². The summed E-state index contributed by atoms with van der Waals surface area (Å²) in [7, 11) is 2.98. The first kappa shape index (κ1) is 18.7. The van der Waals surface area contributed by atoms with Gasteiger partial charge in [0.15, 0.2) is 22.7 Å². The van der Waals surface area contributed by atoms with Gasteiger partial charge in [0.05, 0.1) is 17.8 Å². The summed E-state index contributed by atoms with van der Waals surface area (Å²) in [6.45, 7) is 2.30. The number of hydrogen-bond acceptors (Lipinski definition) is 7. The number of phenolic OH excluding ortho intramolecular Hbond substituents is 1. The van der Waals surface area contributed by atoms with Gasteiger partial charge in [-0.3, -0.25) is 14.3 Å². The molecule has 0 spiro atoms. The minimum atomic E-state index is -0.538. The summed E-state index contributed by atoms with van der Waals surface area (Å²) >= 11 is 3.24. The van der Waals surface area contributed by atoms with Gasteiger partial charge in [-0.2, -0.15) is 10.1 Å². The number of hydrazone groups is 1. The van der Waals surface area contributed by atoms with Gasteiger partial charge in [0.25, 0.3) is 5.56 Å². The van der Waals surface area contributed by atoms with Crippen molar-refractivity contribution in [3.63, 3.8) is 0 Å². The summed E-state index contributed by atoms with van der Waals surface area (Å²) in [6.07, 6.45) is 1.51. The van der Waals surface area contributed by atoms with Crippen molar-refractivity contribution in [3.8, 4) is 11.5 Å². The number of aryl methyl sites for hydroxylation is 2. The lowest BCUT2D eigenvalue weighted by Gasteiger charge is -2.06. The maximum Gasteiger partial charge on any atom is 0.329 e. The van der Waals surface area contributed by atoms with Crippen LogP contribution in [-0.2, 0) is 13.6 Å². The van der Waals surface area contributed by atoms with Gasteiger partial charge in [-0.05, 0) is 40.5 Å². The van der Waals surface area contributed by atoms with E-state index in [1.54, 1.807) is 16.7 Å². The number of rotatable bonds is 5. The van der Waals surface area contributed by atoms with Crippen molar-refractivity contribution in [2.45, 2.75) is 13.5 Å². The predicted molar refractivity (Wildman–Crippen MR) is 105 cm³/mol. The molecule has 0 saturated carbocycles. The van der Waals surface area contributed by atoms with Crippen LogP contribution in [0.2, 0.25) is 0 Å². The number of nitrogens with zero attached hydrogens (tertiary/aromatic N) is 4. The molecule has 0 radical (unpaired) electrons. The fraction of sp³-hybridized carbons (Fsp3) is 0.250. The van der Waals surface area contributed by atoms with Gasteiger partial charge in [-0.25, -0.2) is 10.2 Å². The monoisotopic (exact) mass is 436 g/mol. The van der Waals surface area contributed by atoms with Crippen molar-refractivity contribution in [3.05, 3.63) is 43.0 Å². The Kier molecular flexibility index (Phi) is 5.04. The van der Waals surface area contributed by atoms with Crippen LogP contribution in [0.15, 0.2) is 31.3 Å². The standard InChI is InChI=1S/C16H17BrN6O4/c1-4-23-11-13(22(2)16(26)20-14(11)25)19-15(23)21-18-7-8-5-9(17)12(24)10(6-8)27-3/h5-7,24H,4H2,1-3H3,(H,19,21)(H,20,25,26). The highest BCUT2D eigenvalue weighted by molar-refractivity contribution is 9.10. The van der Waals surface area contributed by atoms with Gasteiger partial charge in [-0.1, -0.05) is 0 Å². The van der Waals surface area contributed by atoms with Crippen LogP contribution >= 0.6 is 15.9 Å². The van der Waals surface area contributed by atoms with Gasteiger partial charge in [0.1, 0.15) is 0 Å². The molecule has 0 aliphatic heterocycles. The van der Waals surface area contributed by atoms with Crippen molar-refractivity contribution in [1.29, 1.82) is 0 Å². The van der Waals surface area contributed by atoms with Crippen molar-refractivity contribution < 1.29 is 9.84 Å². The molecule has 0 aliphatic rings. The van der Waals surface area contributed by atoms with Crippen LogP contribution < -0.4 is 21.4 Å². The number of imidazole rings is 1. The van der Waals surface area contributed by atoms with Crippen molar-refractivity contribution in [1.82, 2.24) is 19.1 Å². The molecule has 3 rings (SSSR count). The quantitative estimate of drug-likeness (QED) is 0.409. The number of fused-ring (bicyclic) bond motifs is 1. The average molecular weight is 437 g/mol. The number of aromatic hydroxyl groups is 1. The first-order valence-corrected chi connectivity index (χ1v) is 8.71. The molecule has 1 aromatic carbocycles. The Morgan fingerprint density at radius 1 is 1.44 bits per heavy atom. The molecule has 10 nitrogen and oxygen atoms in total. The minimum Gasteiger partial charge on any atom is -0.503 e. The maximum atomic E-state index is 12.1. The summed E-state index contributed by atoms with van der Waals surface area (Å²) in [5.41, 5.74) is 2.94. The fourth-order valence-electron chi connectivity index (χ4n) is 2.62. The second kappa shape index (κ2) is 7.27. The number of methoxy groups -OCH3 is 1. The minimum absolute atomic E-state index is 0.00414. The number of aromatic nitrogens is 4. The molecule has 3 aromatic rings. The summed E-state index contributed by atoms with van der Waals surface area (Å²) in [6, 6.07) is 3.28. The zero-order chi connectivity index (χ0) is 19.7. The second-order valence-electron chi connectivity index (χ2n) is 5.59. The zero-order valence-electron chi connectivity index (χ0n) is 14.8. The third-order valence-electron chi connectivity index (χ3n) is 3.97. The Morgan fingerprint density at radius 3 is 2.85 bits per heavy atom. The van der Waals surface area contributed by atoms with E-state index < -0.39 is 11.2 Å². The molecule has 0 bridgehead atoms. The summed E-state index contributed by atoms with van der Waals surface area (Å²) in [4.78, 5) is 30.5. The lowest BCUT2D eigenvalue weighted by molar-refractivity contribution is 0.372. The molecule has 0 aliphatic carbocycles. The van der Waals surface area contributed by atoms with E-state index in [1.807, 2.05) is 6.92 Å². The van der Waals surface area contributed by atoms with Gasteiger partial charge in [0, 0.05) is 13.6 Å². The third-order valence-corrected chi connectivity index (χ3v) is 4.58. The molecule has 142 valence electrons. The highest BCUT2D eigenvalue weighted by Crippen LogP contribution is 2.34. The summed E-state index contributed by atoms with van der Waals surface area (Å²) in [5.74, 6) is 0.615. The van der Waals surface area contributed by atoms with Gasteiger partial charge in [0.2, 0.25) is 5.95 Å². The molecule has 0 saturated heterocycles. The number of benzene rings is 1. The number of aromatic amines is 1. The molecule has 0 fully saturated rings. The lowest BCUT2D eigenvalue weighted by atomic mass is 10.2. The van der Waals surface area contributed by atoms with Crippen LogP contribution in [0, 0.1) is 0 Å². The predicted octanol–water partition coefficient (Wildman–Crippen LogP) is 1.37. The van der Waals surface area contributed by atoms with Crippen LogP contribution in [-0.4, -0.2) is 37.5 Å². The average Bonchev–Trinajstić information content (AvgIpc) is 3.01. The van der Waals surface area contributed by atoms with Crippen molar-refractivity contribution >= 4 is 39.3 Å². The molecule has 0 amide bonds. The Labute approximate surface area is 161 Å². The lowest BCUT2D eigenvalue weighted by Crippen LogP contribution is -2.29. The number of nitrogens with one attached hydrogen (secondary N) is 2. The number of halogens is 1. The smallest absolute Gasteiger partial charge is 0.329 e. The van der Waals surface area contributed by atoms with Crippen LogP contribution in [0.1, 0.15) is 12.5 Å². The van der Waals surface area contributed by atoms with Crippen LogP contribution in [0.25, 0.3) is 11.2 Å². The van der Waals surface area contributed by atoms with E-state index in [4.69, 9.17) is 4.74 Å². The molecular formula is C16H17BrN6O4. The topological polar surface area (TPSA) is 127 Å². The summed E-state index contributed by atoms with van der Waals surface area (Å²) in [5, 5.41) is 14.0. The van der Waals surface area contributed by atoms with E-state index in [2.05, 4.69) is 36.4 Å². The summed E-state index contributed by atoms with van der Waals surface area (Å²) < 4.78 is 8.45. The highest BCUT2D eigenvalue weighted by Gasteiger charge is 2.16. The zero-order valence-corrected chi connectivity index (χ0v) is 16.4. The van der Waals surface area contributed by atoms with E-state index in [-0.39, 0.29) is 16.9 Å². The Hall–Kier alpha value is -3.08. The fourth-order valence-corrected chi connectivity index (χ4v) is 3.08. The number of phenols is 1. The Bertz CT molecular complexity index is 1160. The van der Waals surface area contributed by atoms with Gasteiger partial charge in [-0.15, -0.1) is 0 Å². The van der Waals surface area contributed by atoms with E-state index in [1.165, 1.54) is 24.9 Å². The maximum absolute atomic E-state index is 12.1. The van der Waals surface area contributed by atoms with Crippen LogP contribution in [0.5, 0.6) is 11.5 Å². The third kappa shape index (κ3) is 3.33. The molecule has 27 heavy (non-hydrogen) atoms. The molecular weight excluding hydrogens is 420 g/mol. The highest BCUT2D eigenvalue weighted by atomic mass is 79.9. The van der Waals surface area contributed by atoms with Gasteiger partial charge >= 0.3 is 5.69 Å². The Morgan fingerprint density at radius 2 is 2.19 bits per heavy atom. The number of anilines is 1. The molecule has 2 heterocycles. The number of H-pyrrole nitrogens is 1. The Balaban J connectivity index is 1.98. The largest absolute Gasteiger partial charge is 0.503 e. The van der Waals surface area contributed by atoms with E-state index in [0.29, 0.717) is 28.3 Å². The SMILES string of the molecule is CCn1c(NN=Cc2cc(Br)c(O)c(OC)c2)nc2c1c(=O)[nH]c(=O)n2C. The molecule has 3 N–H and O–H groups in total. The van der Waals surface area contributed by atoms with Crippen LogP contribution in [0.3, 0.4) is 0 Å². The van der Waals surface area contributed by atoms with E-state index >= 15 is 0 Å². The first-order chi connectivity index (χ1) is 12.9. The molecule has 2 aromatic heterocycles.